The molecule has 0 aromatic heterocycles. The number of carbonyl (C=O) groups is 1. The highest BCUT2D eigenvalue weighted by Gasteiger charge is 2.20. The van der Waals surface area contributed by atoms with Gasteiger partial charge in [-0.1, -0.05) is 37.3 Å². The van der Waals surface area contributed by atoms with Crippen LogP contribution in [0.5, 0.6) is 0 Å². The third-order valence-electron chi connectivity index (χ3n) is 3.16. The first-order chi connectivity index (χ1) is 8.78. The van der Waals surface area contributed by atoms with Crippen LogP contribution in [0.2, 0.25) is 0 Å². The number of allylic oxidation sites excluding steroid dienone is 2. The summed E-state index contributed by atoms with van der Waals surface area (Å²) in [5, 5.41) is 0. The lowest BCUT2D eigenvalue weighted by Gasteiger charge is -2.24. The molecule has 0 fully saturated rings. The topological polar surface area (TPSA) is 26.3 Å². The molecular weight excluding hydrogens is 224 g/mol. The molecule has 96 valence electrons. The predicted octanol–water partition coefficient (Wildman–Crippen LogP) is 3.66. The molecule has 0 N–H and O–H groups in total. The Bertz CT molecular complexity index is 420. The van der Waals surface area contributed by atoms with E-state index in [-0.39, 0.29) is 11.9 Å². The maximum atomic E-state index is 11.6. The highest BCUT2D eigenvalue weighted by Crippen LogP contribution is 2.21. The Hall–Kier alpha value is -1.57. The van der Waals surface area contributed by atoms with Crippen LogP contribution in [0.25, 0.3) is 0 Å². The summed E-state index contributed by atoms with van der Waals surface area (Å²) < 4.78 is 5.86. The maximum absolute atomic E-state index is 11.6. The first-order valence-corrected chi connectivity index (χ1v) is 6.72. The van der Waals surface area contributed by atoms with Gasteiger partial charge in [0.15, 0.2) is 5.78 Å². The number of benzene rings is 1. The molecule has 0 aliphatic carbocycles. The third-order valence-corrected chi connectivity index (χ3v) is 3.16. The molecule has 1 aromatic carbocycles. The number of hydrogen-bond donors (Lipinski definition) is 0. The van der Waals surface area contributed by atoms with Crippen molar-refractivity contribution < 1.29 is 9.53 Å². The summed E-state index contributed by atoms with van der Waals surface area (Å²) in [6.45, 7) is 2.10. The Balaban J connectivity index is 1.87. The van der Waals surface area contributed by atoms with Crippen LogP contribution in [-0.2, 0) is 16.0 Å². The maximum Gasteiger partial charge on any atom is 0.162 e. The molecule has 0 bridgehead atoms. The van der Waals surface area contributed by atoms with Gasteiger partial charge in [-0.3, -0.25) is 4.79 Å². The van der Waals surface area contributed by atoms with Gasteiger partial charge in [-0.15, -0.1) is 0 Å². The van der Waals surface area contributed by atoms with Crippen molar-refractivity contribution in [3.8, 4) is 0 Å². The Morgan fingerprint density at radius 3 is 2.72 bits per heavy atom. The minimum atomic E-state index is 0.0595. The summed E-state index contributed by atoms with van der Waals surface area (Å²) in [4.78, 5) is 11.6. The SMILES string of the molecule is CCCC1=CC(=O)CC(CCc2ccccc2)O1. The first kappa shape index (κ1) is 12.9. The number of hydrogen-bond acceptors (Lipinski definition) is 2. The van der Waals surface area contributed by atoms with Gasteiger partial charge in [0.05, 0.1) is 5.76 Å². The quantitative estimate of drug-likeness (QED) is 0.790. The second-order valence-electron chi connectivity index (χ2n) is 4.80. The molecule has 1 heterocycles. The Labute approximate surface area is 109 Å². The molecule has 0 spiro atoms. The molecule has 2 nitrogen and oxygen atoms in total. The van der Waals surface area contributed by atoms with E-state index in [4.69, 9.17) is 4.74 Å². The normalized spacial score (nSPS) is 19.3. The first-order valence-electron chi connectivity index (χ1n) is 6.72. The predicted molar refractivity (Wildman–Crippen MR) is 72.3 cm³/mol. The highest BCUT2D eigenvalue weighted by atomic mass is 16.5. The number of ketones is 1. The largest absolute Gasteiger partial charge is 0.494 e. The summed E-state index contributed by atoms with van der Waals surface area (Å²) in [7, 11) is 0. The summed E-state index contributed by atoms with van der Waals surface area (Å²) in [6.07, 6.45) is 6.03. The highest BCUT2D eigenvalue weighted by molar-refractivity contribution is 5.91. The molecule has 1 aromatic rings. The van der Waals surface area contributed by atoms with Gasteiger partial charge in [0.1, 0.15) is 6.10 Å². The van der Waals surface area contributed by atoms with E-state index in [0.29, 0.717) is 6.42 Å². The fraction of sp³-hybridized carbons (Fsp3) is 0.438. The van der Waals surface area contributed by atoms with Gasteiger partial charge in [0.2, 0.25) is 0 Å². The molecule has 1 aliphatic rings. The molecule has 0 radical (unpaired) electrons. The van der Waals surface area contributed by atoms with Gasteiger partial charge in [-0.05, 0) is 24.8 Å². The summed E-state index contributed by atoms with van der Waals surface area (Å²) in [5.74, 6) is 1.08. The van der Waals surface area contributed by atoms with Crippen LogP contribution in [0, 0.1) is 0 Å². The number of carbonyl (C=O) groups excluding carboxylic acids is 1. The van der Waals surface area contributed by atoms with Gasteiger partial charge >= 0.3 is 0 Å². The molecule has 1 aliphatic heterocycles. The van der Waals surface area contributed by atoms with Crippen molar-refractivity contribution in [3.63, 3.8) is 0 Å². The fourth-order valence-electron chi connectivity index (χ4n) is 2.26. The minimum Gasteiger partial charge on any atom is -0.494 e. The van der Waals surface area contributed by atoms with Crippen molar-refractivity contribution in [1.82, 2.24) is 0 Å². The lowest BCUT2D eigenvalue weighted by molar-refractivity contribution is -0.118. The van der Waals surface area contributed by atoms with Crippen LogP contribution in [0.1, 0.15) is 38.2 Å². The van der Waals surface area contributed by atoms with Crippen LogP contribution in [0.3, 0.4) is 0 Å². The van der Waals surface area contributed by atoms with Gasteiger partial charge in [0, 0.05) is 18.9 Å². The van der Waals surface area contributed by atoms with E-state index >= 15 is 0 Å². The monoisotopic (exact) mass is 244 g/mol. The number of aryl methyl sites for hydroxylation is 1. The van der Waals surface area contributed by atoms with Crippen LogP contribution < -0.4 is 0 Å². The Kier molecular flexibility index (Phi) is 4.57. The summed E-state index contributed by atoms with van der Waals surface area (Å²) >= 11 is 0. The van der Waals surface area contributed by atoms with E-state index in [2.05, 4.69) is 19.1 Å². The minimum absolute atomic E-state index is 0.0595. The van der Waals surface area contributed by atoms with Crippen molar-refractivity contribution in [2.24, 2.45) is 0 Å². The Morgan fingerprint density at radius 2 is 2.00 bits per heavy atom. The molecule has 0 amide bonds. The van der Waals surface area contributed by atoms with Gasteiger partial charge < -0.3 is 4.74 Å². The molecule has 2 heteroatoms. The van der Waals surface area contributed by atoms with E-state index < -0.39 is 0 Å². The molecule has 1 atom stereocenters. The molecular formula is C16H20O2. The van der Waals surface area contributed by atoms with E-state index in [1.54, 1.807) is 6.08 Å². The van der Waals surface area contributed by atoms with Gasteiger partial charge in [-0.25, -0.2) is 0 Å². The fourth-order valence-corrected chi connectivity index (χ4v) is 2.26. The van der Waals surface area contributed by atoms with Gasteiger partial charge in [0.25, 0.3) is 0 Å². The standard InChI is InChI=1S/C16H20O2/c1-2-6-15-11-14(17)12-16(18-15)10-9-13-7-4-3-5-8-13/h3-5,7-8,11,16H,2,6,9-10,12H2,1H3. The van der Waals surface area contributed by atoms with Gasteiger partial charge in [-0.2, -0.15) is 0 Å². The van der Waals surface area contributed by atoms with Crippen LogP contribution in [-0.4, -0.2) is 11.9 Å². The number of rotatable bonds is 5. The van der Waals surface area contributed by atoms with Crippen LogP contribution >= 0.6 is 0 Å². The third kappa shape index (κ3) is 3.73. The van der Waals surface area contributed by atoms with Crippen molar-refractivity contribution in [1.29, 1.82) is 0 Å². The smallest absolute Gasteiger partial charge is 0.162 e. The van der Waals surface area contributed by atoms with E-state index in [1.165, 1.54) is 5.56 Å². The second-order valence-corrected chi connectivity index (χ2v) is 4.80. The second kappa shape index (κ2) is 6.39. The Morgan fingerprint density at radius 1 is 1.22 bits per heavy atom. The zero-order chi connectivity index (χ0) is 12.8. The van der Waals surface area contributed by atoms with E-state index in [9.17, 15) is 4.79 Å². The lowest BCUT2D eigenvalue weighted by atomic mass is 10.0. The molecule has 0 saturated carbocycles. The lowest BCUT2D eigenvalue weighted by Crippen LogP contribution is -2.22. The van der Waals surface area contributed by atoms with Crippen molar-refractivity contribution in [2.75, 3.05) is 0 Å². The molecule has 0 saturated heterocycles. The molecule has 18 heavy (non-hydrogen) atoms. The zero-order valence-corrected chi connectivity index (χ0v) is 10.9. The van der Waals surface area contributed by atoms with Crippen molar-refractivity contribution in [2.45, 2.75) is 45.1 Å². The average Bonchev–Trinajstić information content (AvgIpc) is 2.37. The summed E-state index contributed by atoms with van der Waals surface area (Å²) in [5.41, 5.74) is 1.31. The van der Waals surface area contributed by atoms with Crippen molar-refractivity contribution in [3.05, 3.63) is 47.7 Å². The van der Waals surface area contributed by atoms with Crippen LogP contribution in [0.4, 0.5) is 0 Å². The molecule has 2 rings (SSSR count). The average molecular weight is 244 g/mol. The zero-order valence-electron chi connectivity index (χ0n) is 10.9. The van der Waals surface area contributed by atoms with E-state index in [0.717, 1.165) is 31.4 Å². The van der Waals surface area contributed by atoms with E-state index in [1.807, 2.05) is 18.2 Å². The number of ether oxygens (including phenoxy) is 1. The summed E-state index contributed by atoms with van der Waals surface area (Å²) in [6, 6.07) is 10.3. The van der Waals surface area contributed by atoms with Crippen molar-refractivity contribution >= 4 is 5.78 Å². The van der Waals surface area contributed by atoms with Crippen LogP contribution in [0.15, 0.2) is 42.2 Å². The molecule has 1 unspecified atom stereocenters.